The summed E-state index contributed by atoms with van der Waals surface area (Å²) in [6.45, 7) is 7.70. The van der Waals surface area contributed by atoms with Gasteiger partial charge in [-0.15, -0.1) is 0 Å². The van der Waals surface area contributed by atoms with Crippen LogP contribution in [0.5, 0.6) is 11.5 Å². The molecular formula is C22H20O4S3. The van der Waals surface area contributed by atoms with Crippen LogP contribution < -0.4 is 9.47 Å². The van der Waals surface area contributed by atoms with E-state index in [0.29, 0.717) is 22.6 Å². The molecule has 0 aliphatic carbocycles. The molecule has 5 rings (SSSR count). The molecule has 1 fully saturated rings. The fourth-order valence-corrected chi connectivity index (χ4v) is 11.3. The predicted octanol–water partition coefficient (Wildman–Crippen LogP) is 5.62. The second-order valence-electron chi connectivity index (χ2n) is 8.38. The highest BCUT2D eigenvalue weighted by atomic mass is 33.1. The lowest BCUT2D eigenvalue weighted by Gasteiger charge is -2.48. The Labute approximate surface area is 181 Å². The van der Waals surface area contributed by atoms with Crippen LogP contribution in [0, 0.1) is 0 Å². The molecule has 0 unspecified atom stereocenters. The van der Waals surface area contributed by atoms with Gasteiger partial charge in [-0.3, -0.25) is 9.59 Å². The number of ether oxygens (including phenoxy) is 2. The monoisotopic (exact) mass is 444 g/mol. The van der Waals surface area contributed by atoms with Crippen molar-refractivity contribution in [2.24, 2.45) is 0 Å². The lowest BCUT2D eigenvalue weighted by molar-refractivity contribution is 0.0552. The number of para-hydroxylation sites is 2. The summed E-state index contributed by atoms with van der Waals surface area (Å²) in [4.78, 5) is 27.5. The van der Waals surface area contributed by atoms with Gasteiger partial charge in [0.1, 0.15) is 22.7 Å². The smallest absolute Gasteiger partial charge is 0.197 e. The topological polar surface area (TPSA) is 52.6 Å². The Hall–Kier alpha value is -1.57. The lowest BCUT2D eigenvalue weighted by atomic mass is 9.91. The number of Topliss-reactive ketones (excluding diaryl/α,β-unsaturated/α-hetero) is 2. The van der Waals surface area contributed by atoms with Gasteiger partial charge in [0.05, 0.1) is 11.1 Å². The van der Waals surface area contributed by atoms with Crippen molar-refractivity contribution in [3.8, 4) is 11.5 Å². The van der Waals surface area contributed by atoms with Gasteiger partial charge in [0.2, 0.25) is 0 Å². The maximum Gasteiger partial charge on any atom is 0.197 e. The van der Waals surface area contributed by atoms with Gasteiger partial charge in [0.15, 0.2) is 19.7 Å². The molecule has 7 heteroatoms. The molecule has 0 N–H and O–H groups in total. The first-order valence-electron chi connectivity index (χ1n) is 9.36. The van der Waals surface area contributed by atoms with Crippen LogP contribution >= 0.6 is 33.3 Å². The van der Waals surface area contributed by atoms with Gasteiger partial charge in [-0.05, 0) is 52.0 Å². The first-order valence-corrected chi connectivity index (χ1v) is 12.3. The summed E-state index contributed by atoms with van der Waals surface area (Å²) >= 11 is 1.39. The summed E-state index contributed by atoms with van der Waals surface area (Å²) in [5.74, 6) is 1.17. The molecule has 0 saturated carbocycles. The van der Waals surface area contributed by atoms with E-state index in [1.807, 2.05) is 64.1 Å². The van der Waals surface area contributed by atoms with E-state index in [1.54, 1.807) is 12.1 Å². The summed E-state index contributed by atoms with van der Waals surface area (Å²) in [6, 6.07) is 14.7. The van der Waals surface area contributed by atoms with E-state index in [4.69, 9.17) is 9.47 Å². The number of benzene rings is 2. The van der Waals surface area contributed by atoms with Gasteiger partial charge >= 0.3 is 0 Å². The molecule has 0 bridgehead atoms. The average Bonchev–Trinajstić information content (AvgIpc) is 3.10. The van der Waals surface area contributed by atoms with Crippen molar-refractivity contribution in [2.45, 2.75) is 47.1 Å². The van der Waals surface area contributed by atoms with Crippen LogP contribution in [-0.2, 0) is 0 Å². The molecule has 0 aromatic heterocycles. The standard InChI is InChI=1S/C22H20O4S3/c1-19(2)21(17(23)13-9-5-7-11-15(13)25-19)27-22(29-28-21)18(24)14-10-6-8-12-16(14)26-20(22,3)4/h5-12H,1-4H3/t21-,22+. The van der Waals surface area contributed by atoms with E-state index in [0.717, 1.165) is 0 Å². The number of carbonyl (C=O) groups excluding carboxylic acids is 2. The highest BCUT2D eigenvalue weighted by Gasteiger charge is 2.73. The van der Waals surface area contributed by atoms with Crippen molar-refractivity contribution in [1.82, 2.24) is 0 Å². The number of hydrogen-bond donors (Lipinski definition) is 0. The van der Waals surface area contributed by atoms with E-state index < -0.39 is 19.4 Å². The van der Waals surface area contributed by atoms with Crippen molar-refractivity contribution in [2.75, 3.05) is 0 Å². The number of thioether (sulfide) groups is 1. The van der Waals surface area contributed by atoms with Gasteiger partial charge in [-0.1, -0.05) is 57.6 Å². The van der Waals surface area contributed by atoms with Crippen LogP contribution in [0.3, 0.4) is 0 Å². The molecule has 2 aromatic carbocycles. The molecule has 2 spiro atoms. The fourth-order valence-electron chi connectivity index (χ4n) is 4.04. The normalized spacial score (nSPS) is 31.2. The molecule has 2 aromatic rings. The Bertz CT molecular complexity index is 980. The molecule has 4 nitrogen and oxygen atoms in total. The summed E-state index contributed by atoms with van der Waals surface area (Å²) in [7, 11) is 2.87. The Morgan fingerprint density at radius 3 is 1.45 bits per heavy atom. The van der Waals surface area contributed by atoms with Crippen LogP contribution in [-0.4, -0.2) is 30.9 Å². The molecular weight excluding hydrogens is 424 g/mol. The summed E-state index contributed by atoms with van der Waals surface area (Å²) < 4.78 is 10.7. The molecule has 29 heavy (non-hydrogen) atoms. The van der Waals surface area contributed by atoms with Gasteiger partial charge in [0, 0.05) is 0 Å². The predicted molar refractivity (Wildman–Crippen MR) is 119 cm³/mol. The fraction of sp³-hybridized carbons (Fsp3) is 0.364. The van der Waals surface area contributed by atoms with Gasteiger partial charge in [0.25, 0.3) is 0 Å². The second kappa shape index (κ2) is 5.99. The number of carbonyl (C=O) groups is 2. The SMILES string of the molecule is CC1(C)Oc2ccccc2C(=O)[C@@]12SS[C@@]1(S2)C(=O)c2ccccc2OC1(C)C. The van der Waals surface area contributed by atoms with Crippen molar-refractivity contribution in [3.63, 3.8) is 0 Å². The molecule has 3 heterocycles. The average molecular weight is 445 g/mol. The Morgan fingerprint density at radius 2 is 1.03 bits per heavy atom. The Morgan fingerprint density at radius 1 is 0.655 bits per heavy atom. The minimum atomic E-state index is -0.964. The third-order valence-electron chi connectivity index (χ3n) is 5.74. The lowest BCUT2D eigenvalue weighted by Crippen LogP contribution is -2.61. The van der Waals surface area contributed by atoms with Crippen molar-refractivity contribution < 1.29 is 19.1 Å². The van der Waals surface area contributed by atoms with Crippen LogP contribution in [0.1, 0.15) is 48.4 Å². The Balaban J connectivity index is 1.65. The largest absolute Gasteiger partial charge is 0.484 e. The third-order valence-corrected chi connectivity index (χ3v) is 13.0. The van der Waals surface area contributed by atoms with E-state index in [1.165, 1.54) is 33.3 Å². The molecule has 2 atom stereocenters. The molecule has 1 saturated heterocycles. The highest BCUT2D eigenvalue weighted by molar-refractivity contribution is 8.84. The van der Waals surface area contributed by atoms with Crippen LogP contribution in [0.4, 0.5) is 0 Å². The minimum absolute atomic E-state index is 0.00816. The zero-order valence-corrected chi connectivity index (χ0v) is 18.9. The number of fused-ring (bicyclic) bond motifs is 2. The minimum Gasteiger partial charge on any atom is -0.484 e. The first kappa shape index (κ1) is 19.4. The van der Waals surface area contributed by atoms with E-state index >= 15 is 0 Å². The maximum absolute atomic E-state index is 13.8. The summed E-state index contributed by atoms with van der Waals surface area (Å²) in [5.41, 5.74) is -0.492. The second-order valence-corrected chi connectivity index (χ2v) is 12.9. The molecule has 150 valence electrons. The number of ketones is 2. The molecule has 0 radical (unpaired) electrons. The van der Waals surface area contributed by atoms with Crippen molar-refractivity contribution in [1.29, 1.82) is 0 Å². The van der Waals surface area contributed by atoms with Crippen LogP contribution in [0.25, 0.3) is 0 Å². The number of hydrogen-bond acceptors (Lipinski definition) is 7. The Kier molecular flexibility index (Phi) is 4.00. The maximum atomic E-state index is 13.8. The summed E-state index contributed by atoms with van der Waals surface area (Å²) in [5, 5.41) is 0. The van der Waals surface area contributed by atoms with Gasteiger partial charge in [-0.25, -0.2) is 0 Å². The highest BCUT2D eigenvalue weighted by Crippen LogP contribution is 2.74. The first-order chi connectivity index (χ1) is 13.6. The van der Waals surface area contributed by atoms with Crippen LogP contribution in [0.2, 0.25) is 0 Å². The zero-order chi connectivity index (χ0) is 20.7. The van der Waals surface area contributed by atoms with E-state index in [2.05, 4.69) is 0 Å². The zero-order valence-electron chi connectivity index (χ0n) is 16.5. The van der Waals surface area contributed by atoms with Gasteiger partial charge in [-0.2, -0.15) is 0 Å². The van der Waals surface area contributed by atoms with Crippen molar-refractivity contribution in [3.05, 3.63) is 59.7 Å². The third kappa shape index (κ3) is 2.38. The quantitative estimate of drug-likeness (QED) is 0.489. The number of rotatable bonds is 0. The van der Waals surface area contributed by atoms with E-state index in [9.17, 15) is 9.59 Å². The van der Waals surface area contributed by atoms with Gasteiger partial charge < -0.3 is 9.47 Å². The van der Waals surface area contributed by atoms with E-state index in [-0.39, 0.29) is 11.6 Å². The summed E-state index contributed by atoms with van der Waals surface area (Å²) in [6.07, 6.45) is 0. The molecule has 0 amide bonds. The van der Waals surface area contributed by atoms with Crippen molar-refractivity contribution >= 4 is 44.9 Å². The molecule has 3 aliphatic heterocycles. The molecule has 3 aliphatic rings. The van der Waals surface area contributed by atoms with Crippen LogP contribution in [0.15, 0.2) is 48.5 Å².